The molecule has 3 nitrogen and oxygen atoms in total. The number of aromatic nitrogens is 1. The molecule has 0 saturated heterocycles. The van der Waals surface area contributed by atoms with Crippen LogP contribution in [0.2, 0.25) is 0 Å². The number of hydrogen-bond donors (Lipinski definition) is 1. The summed E-state index contributed by atoms with van der Waals surface area (Å²) in [5, 5.41) is 5.36. The van der Waals surface area contributed by atoms with Gasteiger partial charge in [0, 0.05) is 22.9 Å². The first-order valence-corrected chi connectivity index (χ1v) is 8.16. The highest BCUT2D eigenvalue weighted by Gasteiger charge is 2.30. The minimum Gasteiger partial charge on any atom is -0.305 e. The molecule has 0 aliphatic heterocycles. The molecule has 1 unspecified atom stereocenters. The highest BCUT2D eigenvalue weighted by atomic mass is 16.2. The molecule has 1 aromatic heterocycles. The first-order chi connectivity index (χ1) is 11.1. The predicted molar refractivity (Wildman–Crippen MR) is 94.6 cm³/mol. The lowest BCUT2D eigenvalue weighted by atomic mass is 10.0. The van der Waals surface area contributed by atoms with Crippen LogP contribution in [0.25, 0.3) is 21.8 Å². The monoisotopic (exact) mass is 307 g/mol. The molecule has 1 heterocycles. The second-order valence-corrected chi connectivity index (χ2v) is 6.41. The number of nitrogens with zero attached hydrogens (tertiary/aromatic N) is 1. The second-order valence-electron chi connectivity index (χ2n) is 6.41. The minimum absolute atomic E-state index is 0.106. The van der Waals surface area contributed by atoms with E-state index in [0.29, 0.717) is 5.92 Å². The van der Waals surface area contributed by atoms with Gasteiger partial charge in [0.15, 0.2) is 0 Å². The number of nitrogens with one attached hydrogen (secondary N) is 1. The first kappa shape index (κ1) is 15.6. The molecule has 23 heavy (non-hydrogen) atoms. The SMILES string of the molecule is CNC(CC(C)C)C(=O)[n+]1c2ccccc2cc2ccccc21. The van der Waals surface area contributed by atoms with Gasteiger partial charge in [0.25, 0.3) is 0 Å². The third-order valence-corrected chi connectivity index (χ3v) is 4.24. The summed E-state index contributed by atoms with van der Waals surface area (Å²) in [6, 6.07) is 18.1. The van der Waals surface area contributed by atoms with Gasteiger partial charge in [-0.2, -0.15) is 0 Å². The average Bonchev–Trinajstić information content (AvgIpc) is 2.56. The summed E-state index contributed by atoms with van der Waals surface area (Å²) < 4.78 is 1.87. The third-order valence-electron chi connectivity index (χ3n) is 4.24. The quantitative estimate of drug-likeness (QED) is 0.590. The van der Waals surface area contributed by atoms with Crippen molar-refractivity contribution in [2.45, 2.75) is 26.3 Å². The molecule has 0 fully saturated rings. The predicted octanol–water partition coefficient (Wildman–Crippen LogP) is 3.55. The van der Waals surface area contributed by atoms with Gasteiger partial charge < -0.3 is 5.32 Å². The van der Waals surface area contributed by atoms with E-state index in [1.807, 2.05) is 48.0 Å². The maximum atomic E-state index is 13.2. The Hall–Kier alpha value is -2.26. The van der Waals surface area contributed by atoms with Crippen LogP contribution < -0.4 is 9.88 Å². The summed E-state index contributed by atoms with van der Waals surface area (Å²) in [6.45, 7) is 4.28. The zero-order chi connectivity index (χ0) is 16.4. The number of carbonyl (C=O) groups is 1. The van der Waals surface area contributed by atoms with E-state index < -0.39 is 0 Å². The van der Waals surface area contributed by atoms with Crippen LogP contribution in [0.15, 0.2) is 54.6 Å². The van der Waals surface area contributed by atoms with E-state index in [-0.39, 0.29) is 11.9 Å². The van der Waals surface area contributed by atoms with E-state index in [2.05, 4.69) is 37.4 Å². The number of fused-ring (bicyclic) bond motifs is 2. The van der Waals surface area contributed by atoms with Gasteiger partial charge in [0.05, 0.1) is 0 Å². The molecule has 0 radical (unpaired) electrons. The van der Waals surface area contributed by atoms with Crippen LogP contribution in [0.1, 0.15) is 25.1 Å². The Morgan fingerprint density at radius 2 is 1.52 bits per heavy atom. The van der Waals surface area contributed by atoms with Gasteiger partial charge in [0.1, 0.15) is 6.04 Å². The lowest BCUT2D eigenvalue weighted by Gasteiger charge is -2.14. The van der Waals surface area contributed by atoms with E-state index in [1.165, 1.54) is 0 Å². The van der Waals surface area contributed by atoms with Crippen molar-refractivity contribution in [1.82, 2.24) is 5.32 Å². The zero-order valence-electron chi connectivity index (χ0n) is 13.9. The Morgan fingerprint density at radius 3 is 2.00 bits per heavy atom. The maximum absolute atomic E-state index is 13.2. The zero-order valence-corrected chi connectivity index (χ0v) is 13.9. The molecular weight excluding hydrogens is 284 g/mol. The van der Waals surface area contributed by atoms with Crippen LogP contribution in [0, 0.1) is 5.92 Å². The molecule has 2 aromatic carbocycles. The summed E-state index contributed by atoms with van der Waals surface area (Å²) >= 11 is 0. The van der Waals surface area contributed by atoms with Crippen molar-refractivity contribution in [2.75, 3.05) is 7.05 Å². The summed E-state index contributed by atoms with van der Waals surface area (Å²) in [6.07, 6.45) is 0.819. The van der Waals surface area contributed by atoms with Crippen molar-refractivity contribution in [3.63, 3.8) is 0 Å². The van der Waals surface area contributed by atoms with Gasteiger partial charge in [-0.05, 0) is 37.6 Å². The van der Waals surface area contributed by atoms with Crippen LogP contribution in [-0.4, -0.2) is 19.0 Å². The molecule has 3 rings (SSSR count). The van der Waals surface area contributed by atoms with Crippen LogP contribution in [0.4, 0.5) is 0 Å². The second kappa shape index (κ2) is 6.47. The number of hydrogen-bond acceptors (Lipinski definition) is 2. The van der Waals surface area contributed by atoms with Crippen LogP contribution in [0.5, 0.6) is 0 Å². The topological polar surface area (TPSA) is 33.0 Å². The molecule has 3 aromatic rings. The van der Waals surface area contributed by atoms with Crippen molar-refractivity contribution in [1.29, 1.82) is 0 Å². The fourth-order valence-electron chi connectivity index (χ4n) is 3.13. The number of para-hydroxylation sites is 2. The molecule has 3 heteroatoms. The standard InChI is InChI=1S/C20H23N2O/c1-14(2)12-17(21-3)20(23)22-18-10-6-4-8-15(18)13-16-9-5-7-11-19(16)22/h4-11,13-14,17,21H,12H2,1-3H3/q+1. The summed E-state index contributed by atoms with van der Waals surface area (Å²) in [4.78, 5) is 13.2. The molecule has 0 aliphatic carbocycles. The third kappa shape index (κ3) is 2.97. The molecular formula is C20H23N2O+. The smallest absolute Gasteiger partial charge is 0.305 e. The van der Waals surface area contributed by atoms with Gasteiger partial charge in [-0.3, -0.25) is 0 Å². The van der Waals surface area contributed by atoms with E-state index in [1.54, 1.807) is 0 Å². The van der Waals surface area contributed by atoms with Gasteiger partial charge in [-0.15, -0.1) is 4.57 Å². The Bertz CT molecular complexity index is 801. The molecule has 0 aliphatic rings. The fourth-order valence-corrected chi connectivity index (χ4v) is 3.13. The molecule has 118 valence electrons. The summed E-state index contributed by atoms with van der Waals surface area (Å²) in [5.41, 5.74) is 1.92. The van der Waals surface area contributed by atoms with E-state index in [4.69, 9.17) is 0 Å². The molecule has 0 bridgehead atoms. The van der Waals surface area contributed by atoms with Crippen molar-refractivity contribution >= 4 is 27.7 Å². The number of pyridine rings is 1. The Kier molecular flexibility index (Phi) is 4.39. The normalized spacial score (nSPS) is 12.9. The van der Waals surface area contributed by atoms with Crippen LogP contribution in [-0.2, 0) is 0 Å². The highest BCUT2D eigenvalue weighted by molar-refractivity contribution is 5.93. The lowest BCUT2D eigenvalue weighted by molar-refractivity contribution is -0.519. The molecule has 0 amide bonds. The average molecular weight is 307 g/mol. The Morgan fingerprint density at radius 1 is 1.00 bits per heavy atom. The fraction of sp³-hybridized carbons (Fsp3) is 0.300. The Balaban J connectivity index is 2.26. The number of likely N-dealkylation sites (N-methyl/N-ethyl adjacent to an activating group) is 1. The number of benzene rings is 2. The molecule has 1 N–H and O–H groups in total. The summed E-state index contributed by atoms with van der Waals surface area (Å²) in [5.74, 6) is 0.562. The molecule has 0 saturated carbocycles. The van der Waals surface area contributed by atoms with E-state index in [9.17, 15) is 4.79 Å². The van der Waals surface area contributed by atoms with Crippen molar-refractivity contribution in [2.24, 2.45) is 5.92 Å². The van der Waals surface area contributed by atoms with Crippen LogP contribution >= 0.6 is 0 Å². The number of carbonyl (C=O) groups excluding carboxylic acids is 1. The number of rotatable bonds is 4. The van der Waals surface area contributed by atoms with Crippen molar-refractivity contribution in [3.8, 4) is 0 Å². The van der Waals surface area contributed by atoms with Gasteiger partial charge in [-0.1, -0.05) is 38.1 Å². The maximum Gasteiger partial charge on any atom is 0.410 e. The van der Waals surface area contributed by atoms with Crippen LogP contribution in [0.3, 0.4) is 0 Å². The van der Waals surface area contributed by atoms with Gasteiger partial charge in [0.2, 0.25) is 11.0 Å². The molecule has 0 spiro atoms. The Labute approximate surface area is 136 Å². The van der Waals surface area contributed by atoms with Gasteiger partial charge in [-0.25, -0.2) is 4.79 Å². The van der Waals surface area contributed by atoms with E-state index >= 15 is 0 Å². The van der Waals surface area contributed by atoms with E-state index in [0.717, 1.165) is 28.2 Å². The largest absolute Gasteiger partial charge is 0.410 e. The van der Waals surface area contributed by atoms with Crippen molar-refractivity contribution < 1.29 is 9.36 Å². The van der Waals surface area contributed by atoms with Crippen molar-refractivity contribution in [3.05, 3.63) is 54.6 Å². The minimum atomic E-state index is -0.186. The lowest BCUT2D eigenvalue weighted by Crippen LogP contribution is -2.54. The van der Waals surface area contributed by atoms with Gasteiger partial charge >= 0.3 is 5.91 Å². The molecule has 1 atom stereocenters. The highest BCUT2D eigenvalue weighted by Crippen LogP contribution is 2.18. The first-order valence-electron chi connectivity index (χ1n) is 8.16. The summed E-state index contributed by atoms with van der Waals surface area (Å²) in [7, 11) is 1.86.